The lowest BCUT2D eigenvalue weighted by molar-refractivity contribution is -0.870. The second-order valence-electron chi connectivity index (χ2n) is 15.0. The zero-order valence-corrected chi connectivity index (χ0v) is 35.4. The van der Waals surface area contributed by atoms with Crippen LogP contribution in [0.2, 0.25) is 0 Å². The van der Waals surface area contributed by atoms with Crippen LogP contribution in [0.4, 0.5) is 0 Å². The molecular weight excluding hydrogens is 683 g/mol. The fourth-order valence-electron chi connectivity index (χ4n) is 5.33. The molecule has 0 saturated carbocycles. The number of likely N-dealkylation sites (N-methyl/N-ethyl adjacent to an activating group) is 1. The molecule has 0 aliphatic heterocycles. The number of carbonyl (C=O) groups excluding carboxylic acids is 1. The zero-order valence-electron chi connectivity index (χ0n) is 34.5. The molecule has 0 rings (SSSR count). The molecule has 8 nitrogen and oxygen atoms in total. The summed E-state index contributed by atoms with van der Waals surface area (Å²) in [6.45, 7) is 4.57. The molecule has 53 heavy (non-hydrogen) atoms. The number of allylic oxidation sites excluding steroid dienone is 11. The number of nitrogens with zero attached hydrogens (tertiary/aromatic N) is 1. The Morgan fingerprint density at radius 2 is 1.15 bits per heavy atom. The number of unbranched alkanes of at least 4 members (excludes halogenated alkanes) is 13. The molecule has 0 spiro atoms. The summed E-state index contributed by atoms with van der Waals surface area (Å²) in [5.41, 5.74) is 0. The number of quaternary nitrogens is 1. The number of aliphatic hydroxyl groups is 1. The predicted molar refractivity (Wildman–Crippen MR) is 226 cm³/mol. The molecule has 3 N–H and O–H groups in total. The van der Waals surface area contributed by atoms with E-state index in [0.717, 1.165) is 64.2 Å². The standard InChI is InChI=1S/C44H79N2O6P/c1-6-8-10-12-14-16-17-18-19-20-21-22-23-24-25-26-27-28-29-30-32-34-36-38-44(48)45-42(41-52-53(49,50)51-40-39-46(3,4)5)43(47)37-35-33-31-15-13-11-9-7-2/h8,10,13-16,18-19,21-22,35,37,42-43,47H,6-7,9,11-12,17,20,23-34,36,38-41H2,1-5H3,(H-,45,48,49,50)/p+1/b10-8-,15-13+,16-14-,19-18-,22-21-,37-35+. The minimum Gasteiger partial charge on any atom is -0.387 e. The van der Waals surface area contributed by atoms with Crippen molar-refractivity contribution in [1.82, 2.24) is 5.32 Å². The summed E-state index contributed by atoms with van der Waals surface area (Å²) in [5.74, 6) is -0.200. The van der Waals surface area contributed by atoms with Gasteiger partial charge in [0.1, 0.15) is 13.2 Å². The Bertz CT molecular complexity index is 1090. The van der Waals surface area contributed by atoms with Gasteiger partial charge >= 0.3 is 7.82 Å². The minimum absolute atomic E-state index is 0.0514. The van der Waals surface area contributed by atoms with E-state index in [9.17, 15) is 19.4 Å². The molecule has 0 fully saturated rings. The smallest absolute Gasteiger partial charge is 0.387 e. The maximum Gasteiger partial charge on any atom is 0.472 e. The number of phosphoric acid groups is 1. The molecule has 0 aliphatic rings. The van der Waals surface area contributed by atoms with Crippen molar-refractivity contribution < 1.29 is 32.9 Å². The van der Waals surface area contributed by atoms with Gasteiger partial charge in [-0.1, -0.05) is 151 Å². The van der Waals surface area contributed by atoms with Crippen LogP contribution in [0.3, 0.4) is 0 Å². The average molecular weight is 764 g/mol. The van der Waals surface area contributed by atoms with Crippen molar-refractivity contribution in [1.29, 1.82) is 0 Å². The lowest BCUT2D eigenvalue weighted by atomic mass is 10.0. The number of phosphoric ester groups is 1. The van der Waals surface area contributed by atoms with Gasteiger partial charge in [-0.2, -0.15) is 0 Å². The quantitative estimate of drug-likeness (QED) is 0.0254. The lowest BCUT2D eigenvalue weighted by Gasteiger charge is -2.25. The summed E-state index contributed by atoms with van der Waals surface area (Å²) in [6.07, 6.45) is 47.0. The van der Waals surface area contributed by atoms with E-state index in [2.05, 4.69) is 79.9 Å². The highest BCUT2D eigenvalue weighted by Gasteiger charge is 2.27. The SMILES string of the molecule is CC/C=C\C/C=C\C/C=C\C/C=C\CCCCCCCCCCCCC(=O)NC(COP(=O)(O)OCC[N+](C)(C)C)C(O)/C=C/CC/C=C/CCCC. The van der Waals surface area contributed by atoms with Crippen LogP contribution >= 0.6 is 7.82 Å². The molecule has 0 aromatic rings. The van der Waals surface area contributed by atoms with Crippen LogP contribution in [0.5, 0.6) is 0 Å². The molecule has 0 radical (unpaired) electrons. The van der Waals surface area contributed by atoms with Crippen molar-refractivity contribution in [3.8, 4) is 0 Å². The van der Waals surface area contributed by atoms with Crippen LogP contribution < -0.4 is 5.32 Å². The van der Waals surface area contributed by atoms with E-state index in [0.29, 0.717) is 17.4 Å². The third-order valence-electron chi connectivity index (χ3n) is 8.66. The molecule has 9 heteroatoms. The van der Waals surface area contributed by atoms with E-state index >= 15 is 0 Å². The second kappa shape index (κ2) is 35.6. The summed E-state index contributed by atoms with van der Waals surface area (Å²) in [4.78, 5) is 23.0. The first-order valence-corrected chi connectivity index (χ1v) is 22.3. The average Bonchev–Trinajstić information content (AvgIpc) is 3.10. The van der Waals surface area contributed by atoms with E-state index in [-0.39, 0.29) is 19.1 Å². The van der Waals surface area contributed by atoms with Gasteiger partial charge in [0.05, 0.1) is 39.9 Å². The van der Waals surface area contributed by atoms with Crippen molar-refractivity contribution in [3.05, 3.63) is 72.9 Å². The highest BCUT2D eigenvalue weighted by Crippen LogP contribution is 2.43. The van der Waals surface area contributed by atoms with E-state index in [1.54, 1.807) is 6.08 Å². The van der Waals surface area contributed by atoms with E-state index in [1.165, 1.54) is 64.2 Å². The fraction of sp³-hybridized carbons (Fsp3) is 0.705. The molecule has 0 aliphatic carbocycles. The highest BCUT2D eigenvalue weighted by molar-refractivity contribution is 7.47. The first-order chi connectivity index (χ1) is 25.5. The van der Waals surface area contributed by atoms with Gasteiger partial charge in [-0.15, -0.1) is 0 Å². The Hall–Kier alpha value is -2.06. The fourth-order valence-corrected chi connectivity index (χ4v) is 6.06. The van der Waals surface area contributed by atoms with Crippen LogP contribution in [-0.2, 0) is 18.4 Å². The summed E-state index contributed by atoms with van der Waals surface area (Å²) < 4.78 is 23.4. The topological polar surface area (TPSA) is 105 Å². The van der Waals surface area contributed by atoms with E-state index in [4.69, 9.17) is 9.05 Å². The summed E-state index contributed by atoms with van der Waals surface area (Å²) >= 11 is 0. The minimum atomic E-state index is -4.34. The second-order valence-corrected chi connectivity index (χ2v) is 16.4. The largest absolute Gasteiger partial charge is 0.472 e. The molecule has 0 bridgehead atoms. The van der Waals surface area contributed by atoms with Crippen LogP contribution in [0, 0.1) is 0 Å². The van der Waals surface area contributed by atoms with Crippen LogP contribution in [0.1, 0.15) is 149 Å². The molecule has 0 aromatic carbocycles. The van der Waals surface area contributed by atoms with Crippen molar-refractivity contribution in [3.63, 3.8) is 0 Å². The number of carbonyl (C=O) groups is 1. The molecule has 0 heterocycles. The summed E-state index contributed by atoms with van der Waals surface area (Å²) in [7, 11) is 1.53. The molecule has 1 amide bonds. The van der Waals surface area contributed by atoms with Crippen molar-refractivity contribution in [2.45, 2.75) is 161 Å². The molecular formula is C44H80N2O6P+. The Balaban J connectivity index is 4.27. The van der Waals surface area contributed by atoms with Crippen molar-refractivity contribution >= 4 is 13.7 Å². The maximum atomic E-state index is 12.8. The van der Waals surface area contributed by atoms with Gasteiger partial charge in [-0.3, -0.25) is 13.8 Å². The third kappa shape index (κ3) is 38.0. The Labute approximate surface area is 325 Å². The van der Waals surface area contributed by atoms with Gasteiger partial charge in [0.15, 0.2) is 0 Å². The lowest BCUT2D eigenvalue weighted by Crippen LogP contribution is -2.45. The monoisotopic (exact) mass is 764 g/mol. The molecule has 3 unspecified atom stereocenters. The summed E-state index contributed by atoms with van der Waals surface area (Å²) in [6, 6.07) is -0.866. The van der Waals surface area contributed by atoms with Gasteiger partial charge < -0.3 is 19.8 Å². The molecule has 3 atom stereocenters. The van der Waals surface area contributed by atoms with E-state index < -0.39 is 20.0 Å². The van der Waals surface area contributed by atoms with Gasteiger partial charge in [-0.05, 0) is 64.2 Å². The number of aliphatic hydroxyl groups excluding tert-OH is 1. The molecule has 0 aromatic heterocycles. The molecule has 0 saturated heterocycles. The van der Waals surface area contributed by atoms with Crippen LogP contribution in [0.15, 0.2) is 72.9 Å². The van der Waals surface area contributed by atoms with Crippen molar-refractivity contribution in [2.24, 2.45) is 0 Å². The normalized spacial score (nSPS) is 15.2. The van der Waals surface area contributed by atoms with Crippen LogP contribution in [-0.4, -0.2) is 73.4 Å². The number of amides is 1. The van der Waals surface area contributed by atoms with Gasteiger partial charge in [0, 0.05) is 6.42 Å². The maximum absolute atomic E-state index is 12.8. The Morgan fingerprint density at radius 1 is 0.660 bits per heavy atom. The Morgan fingerprint density at radius 3 is 1.74 bits per heavy atom. The number of rotatable bonds is 36. The highest BCUT2D eigenvalue weighted by atomic mass is 31.2. The Kier molecular flexibility index (Phi) is 34.2. The van der Waals surface area contributed by atoms with Crippen molar-refractivity contribution in [2.75, 3.05) is 40.9 Å². The van der Waals surface area contributed by atoms with Gasteiger partial charge in [0.2, 0.25) is 5.91 Å². The number of nitrogens with one attached hydrogen (secondary N) is 1. The first-order valence-electron chi connectivity index (χ1n) is 20.8. The number of hydrogen-bond donors (Lipinski definition) is 3. The summed E-state index contributed by atoms with van der Waals surface area (Å²) in [5, 5.41) is 13.7. The first kappa shape index (κ1) is 50.9. The van der Waals surface area contributed by atoms with Gasteiger partial charge in [-0.25, -0.2) is 4.57 Å². The third-order valence-corrected chi connectivity index (χ3v) is 9.64. The predicted octanol–water partition coefficient (Wildman–Crippen LogP) is 11.2. The van der Waals surface area contributed by atoms with Crippen LogP contribution in [0.25, 0.3) is 0 Å². The van der Waals surface area contributed by atoms with Gasteiger partial charge in [0.25, 0.3) is 0 Å². The van der Waals surface area contributed by atoms with E-state index in [1.807, 2.05) is 27.2 Å². The molecule has 306 valence electrons. The number of hydrogen-bond acceptors (Lipinski definition) is 5. The zero-order chi connectivity index (χ0) is 39.3.